The molecule has 0 saturated heterocycles. The second-order valence-corrected chi connectivity index (χ2v) is 16.9. The SMILES string of the molecule is CCCCCCCCCCCCCCCC(=O)OCC(CSC[C@H](NC(=O)OC(C)(C)C)C(=O)O)OC(=O)CCCCCCCCCCCCCCC. The first-order valence-corrected chi connectivity index (χ1v) is 22.8. The van der Waals surface area contributed by atoms with Crippen molar-refractivity contribution >= 4 is 35.8 Å². The van der Waals surface area contributed by atoms with Gasteiger partial charge >= 0.3 is 24.0 Å². The highest BCUT2D eigenvalue weighted by Crippen LogP contribution is 2.17. The number of nitrogens with one attached hydrogen (secondary N) is 1. The number of carboxylic acids is 1. The Morgan fingerprint density at radius 2 is 0.943 bits per heavy atom. The normalized spacial score (nSPS) is 12.6. The Morgan fingerprint density at radius 3 is 1.32 bits per heavy atom. The Kier molecular flexibility index (Phi) is 34.4. The van der Waals surface area contributed by atoms with Crippen molar-refractivity contribution in [1.29, 1.82) is 0 Å². The maximum atomic E-state index is 12.8. The second kappa shape index (κ2) is 35.7. The van der Waals surface area contributed by atoms with Crippen LogP contribution in [0.2, 0.25) is 0 Å². The third kappa shape index (κ3) is 36.8. The highest BCUT2D eigenvalue weighted by Gasteiger charge is 2.25. The summed E-state index contributed by atoms with van der Waals surface area (Å²) in [7, 11) is 0. The van der Waals surface area contributed by atoms with E-state index in [1.807, 2.05) is 0 Å². The third-order valence-corrected chi connectivity index (χ3v) is 10.5. The van der Waals surface area contributed by atoms with Crippen molar-refractivity contribution in [2.24, 2.45) is 0 Å². The van der Waals surface area contributed by atoms with Gasteiger partial charge in [-0.15, -0.1) is 0 Å². The molecule has 10 heteroatoms. The van der Waals surface area contributed by atoms with E-state index in [1.54, 1.807) is 20.8 Å². The zero-order valence-corrected chi connectivity index (χ0v) is 35.6. The largest absolute Gasteiger partial charge is 0.480 e. The molecule has 0 aliphatic rings. The van der Waals surface area contributed by atoms with Crippen LogP contribution in [0, 0.1) is 0 Å². The maximum Gasteiger partial charge on any atom is 0.408 e. The number of unbranched alkanes of at least 4 members (excludes halogenated alkanes) is 24. The average molecular weight is 772 g/mol. The van der Waals surface area contributed by atoms with Gasteiger partial charge in [0, 0.05) is 24.3 Å². The van der Waals surface area contributed by atoms with E-state index in [-0.39, 0.29) is 30.1 Å². The van der Waals surface area contributed by atoms with E-state index >= 15 is 0 Å². The van der Waals surface area contributed by atoms with E-state index in [4.69, 9.17) is 14.2 Å². The molecule has 0 bridgehead atoms. The predicted molar refractivity (Wildman–Crippen MR) is 220 cm³/mol. The second-order valence-electron chi connectivity index (χ2n) is 15.9. The molecule has 2 atom stereocenters. The van der Waals surface area contributed by atoms with E-state index in [1.165, 1.54) is 140 Å². The highest BCUT2D eigenvalue weighted by molar-refractivity contribution is 7.99. The van der Waals surface area contributed by atoms with Gasteiger partial charge in [-0.05, 0) is 33.6 Å². The van der Waals surface area contributed by atoms with Gasteiger partial charge < -0.3 is 24.6 Å². The summed E-state index contributed by atoms with van der Waals surface area (Å²) in [5.74, 6) is -1.58. The van der Waals surface area contributed by atoms with E-state index in [0.717, 1.165) is 38.5 Å². The average Bonchev–Trinajstić information content (AvgIpc) is 3.09. The zero-order valence-electron chi connectivity index (χ0n) is 34.8. The topological polar surface area (TPSA) is 128 Å². The number of hydrogen-bond donors (Lipinski definition) is 2. The molecule has 312 valence electrons. The molecule has 0 radical (unpaired) electrons. The summed E-state index contributed by atoms with van der Waals surface area (Å²) in [5, 5.41) is 12.0. The number of esters is 2. The molecule has 0 rings (SSSR count). The summed E-state index contributed by atoms with van der Waals surface area (Å²) in [4.78, 5) is 49.3. The zero-order chi connectivity index (χ0) is 39.4. The van der Waals surface area contributed by atoms with Crippen molar-refractivity contribution in [2.45, 2.75) is 232 Å². The van der Waals surface area contributed by atoms with Crippen molar-refractivity contribution < 1.29 is 38.5 Å². The van der Waals surface area contributed by atoms with Crippen molar-refractivity contribution in [1.82, 2.24) is 5.32 Å². The van der Waals surface area contributed by atoms with Gasteiger partial charge in [0.05, 0.1) is 0 Å². The van der Waals surface area contributed by atoms with Gasteiger partial charge in [0.15, 0.2) is 0 Å². The molecular weight excluding hydrogens is 691 g/mol. The van der Waals surface area contributed by atoms with E-state index in [9.17, 15) is 24.3 Å². The number of thioether (sulfide) groups is 1. The van der Waals surface area contributed by atoms with Crippen LogP contribution in [0.4, 0.5) is 4.79 Å². The van der Waals surface area contributed by atoms with Crippen LogP contribution in [-0.2, 0) is 28.6 Å². The lowest BCUT2D eigenvalue weighted by atomic mass is 10.0. The molecule has 1 unspecified atom stereocenters. The molecule has 0 fully saturated rings. The van der Waals surface area contributed by atoms with Crippen LogP contribution < -0.4 is 5.32 Å². The van der Waals surface area contributed by atoms with Crippen LogP contribution in [0.1, 0.15) is 214 Å². The number of amides is 1. The fraction of sp³-hybridized carbons (Fsp3) is 0.907. The molecule has 0 aliphatic carbocycles. The first-order chi connectivity index (χ1) is 25.5. The van der Waals surface area contributed by atoms with Crippen LogP contribution in [0.3, 0.4) is 0 Å². The maximum absolute atomic E-state index is 12.8. The van der Waals surface area contributed by atoms with Gasteiger partial charge in [-0.1, -0.05) is 168 Å². The smallest absolute Gasteiger partial charge is 0.408 e. The number of hydrogen-bond acceptors (Lipinski definition) is 8. The summed E-state index contributed by atoms with van der Waals surface area (Å²) in [6.45, 7) is 9.53. The third-order valence-electron chi connectivity index (χ3n) is 9.27. The number of ether oxygens (including phenoxy) is 3. The number of alkyl carbamates (subject to hydrolysis) is 1. The Labute approximate surface area is 329 Å². The molecule has 9 nitrogen and oxygen atoms in total. The van der Waals surface area contributed by atoms with Gasteiger partial charge in [-0.25, -0.2) is 9.59 Å². The van der Waals surface area contributed by atoms with Crippen LogP contribution in [-0.4, -0.2) is 65.0 Å². The number of carbonyl (C=O) groups is 4. The molecule has 0 spiro atoms. The fourth-order valence-corrected chi connectivity index (χ4v) is 7.16. The Morgan fingerprint density at radius 1 is 0.566 bits per heavy atom. The first-order valence-electron chi connectivity index (χ1n) is 21.6. The molecule has 0 heterocycles. The van der Waals surface area contributed by atoms with Crippen LogP contribution in [0.15, 0.2) is 0 Å². The molecule has 0 aromatic carbocycles. The molecule has 1 amide bonds. The lowest BCUT2D eigenvalue weighted by Gasteiger charge is -2.22. The van der Waals surface area contributed by atoms with Crippen LogP contribution in [0.25, 0.3) is 0 Å². The summed E-state index contributed by atoms with van der Waals surface area (Å²) in [5.41, 5.74) is -0.760. The standard InChI is InChI=1S/C43H81NO8S/c1-6-8-10-12-14-16-18-20-22-24-26-28-30-32-39(45)50-34-37(35-53-36-38(41(47)48)44-42(49)52-43(3,4)5)51-40(46)33-31-29-27-25-23-21-19-17-15-13-11-9-7-2/h37-38H,6-36H2,1-5H3,(H,44,49)(H,47,48)/t37?,38-/m0/s1. The van der Waals surface area contributed by atoms with E-state index in [2.05, 4.69) is 19.2 Å². The summed E-state index contributed by atoms with van der Waals surface area (Å²) >= 11 is 1.22. The summed E-state index contributed by atoms with van der Waals surface area (Å²) < 4.78 is 16.4. The minimum Gasteiger partial charge on any atom is -0.480 e. The lowest BCUT2D eigenvalue weighted by Crippen LogP contribution is -2.45. The molecular formula is C43H81NO8S. The lowest BCUT2D eigenvalue weighted by molar-refractivity contribution is -0.157. The van der Waals surface area contributed by atoms with Crippen molar-refractivity contribution in [3.8, 4) is 0 Å². The molecule has 0 aliphatic heterocycles. The minimum atomic E-state index is -1.19. The van der Waals surface area contributed by atoms with Crippen molar-refractivity contribution in [3.05, 3.63) is 0 Å². The van der Waals surface area contributed by atoms with E-state index < -0.39 is 29.8 Å². The number of carboxylic acid groups (broad SMARTS) is 1. The predicted octanol–water partition coefficient (Wildman–Crippen LogP) is 12.1. The monoisotopic (exact) mass is 772 g/mol. The number of aliphatic carboxylic acids is 1. The summed E-state index contributed by atoms with van der Waals surface area (Å²) in [6, 6.07) is -1.19. The first kappa shape index (κ1) is 51.0. The minimum absolute atomic E-state index is 0.0361. The molecule has 0 saturated carbocycles. The van der Waals surface area contributed by atoms with Gasteiger partial charge in [0.25, 0.3) is 0 Å². The Bertz CT molecular complexity index is 909. The highest BCUT2D eigenvalue weighted by atomic mass is 32.2. The Hall–Kier alpha value is -1.97. The van der Waals surface area contributed by atoms with Gasteiger partial charge in [0.2, 0.25) is 0 Å². The van der Waals surface area contributed by atoms with Crippen molar-refractivity contribution in [3.63, 3.8) is 0 Å². The van der Waals surface area contributed by atoms with Gasteiger partial charge in [-0.2, -0.15) is 11.8 Å². The van der Waals surface area contributed by atoms with Crippen LogP contribution in [0.5, 0.6) is 0 Å². The van der Waals surface area contributed by atoms with Gasteiger partial charge in [-0.3, -0.25) is 9.59 Å². The number of carbonyl (C=O) groups excluding carboxylic acids is 3. The summed E-state index contributed by atoms with van der Waals surface area (Å²) in [6.07, 6.45) is 31.0. The van der Waals surface area contributed by atoms with Gasteiger partial charge in [0.1, 0.15) is 24.4 Å². The molecule has 0 aromatic heterocycles. The van der Waals surface area contributed by atoms with Crippen LogP contribution >= 0.6 is 11.8 Å². The number of rotatable bonds is 37. The Balaban J connectivity index is 4.54. The van der Waals surface area contributed by atoms with Crippen molar-refractivity contribution in [2.75, 3.05) is 18.1 Å². The molecule has 0 aromatic rings. The quantitative estimate of drug-likeness (QED) is 0.0360. The molecule has 53 heavy (non-hydrogen) atoms. The fourth-order valence-electron chi connectivity index (χ4n) is 6.14. The van der Waals surface area contributed by atoms with E-state index in [0.29, 0.717) is 12.8 Å². The molecule has 2 N–H and O–H groups in total.